The van der Waals surface area contributed by atoms with Crippen molar-refractivity contribution in [3.05, 3.63) is 17.0 Å². The Bertz CT molecular complexity index is 521. The molecule has 0 amide bonds. The van der Waals surface area contributed by atoms with E-state index in [1.54, 1.807) is 12.1 Å². The summed E-state index contributed by atoms with van der Waals surface area (Å²) in [5.41, 5.74) is -0.456. The van der Waals surface area contributed by atoms with Crippen molar-refractivity contribution in [1.29, 1.82) is 0 Å². The summed E-state index contributed by atoms with van der Waals surface area (Å²) >= 11 is 1.11. The lowest BCUT2D eigenvalue weighted by Crippen LogP contribution is -2.50. The predicted molar refractivity (Wildman–Crippen MR) is 69.0 cm³/mol. The Labute approximate surface area is 111 Å². The van der Waals surface area contributed by atoms with Gasteiger partial charge in [0, 0.05) is 18.0 Å². The number of rotatable bonds is 3. The topological polar surface area (TPSA) is 66.8 Å². The highest BCUT2D eigenvalue weighted by Gasteiger charge is 2.35. The Balaban J connectivity index is 2.25. The molecule has 2 heterocycles. The molecule has 2 rings (SSSR count). The molecule has 1 saturated heterocycles. The van der Waals surface area contributed by atoms with Crippen molar-refractivity contribution in [3.63, 3.8) is 0 Å². The van der Waals surface area contributed by atoms with Crippen LogP contribution >= 0.6 is 11.3 Å². The van der Waals surface area contributed by atoms with E-state index in [-0.39, 0.29) is 10.8 Å². The maximum Gasteiger partial charge on any atom is 0.252 e. The van der Waals surface area contributed by atoms with Gasteiger partial charge in [0.25, 0.3) is 10.0 Å². The molecule has 18 heavy (non-hydrogen) atoms. The normalized spacial score (nSPS) is 21.1. The third-order valence-corrected chi connectivity index (χ3v) is 6.16. The zero-order chi connectivity index (χ0) is 13.4. The molecule has 0 unspecified atom stereocenters. The second-order valence-electron chi connectivity index (χ2n) is 4.83. The number of hydrogen-bond acceptors (Lipinski definition) is 5. The Hall–Kier alpha value is -0.470. The molecule has 0 radical (unpaired) electrons. The second kappa shape index (κ2) is 4.90. The molecule has 1 aromatic heterocycles. The predicted octanol–water partition coefficient (Wildman–Crippen LogP) is 1.04. The molecule has 1 aliphatic heterocycles. The molecule has 0 saturated carbocycles. The van der Waals surface area contributed by atoms with Gasteiger partial charge < -0.3 is 9.84 Å². The van der Waals surface area contributed by atoms with Gasteiger partial charge >= 0.3 is 0 Å². The molecule has 0 atom stereocenters. The number of nitrogens with zero attached hydrogens (tertiary/aromatic N) is 1. The van der Waals surface area contributed by atoms with Crippen LogP contribution in [0.3, 0.4) is 0 Å². The van der Waals surface area contributed by atoms with E-state index < -0.39 is 15.6 Å². The van der Waals surface area contributed by atoms with E-state index in [0.29, 0.717) is 24.6 Å². The zero-order valence-electron chi connectivity index (χ0n) is 10.4. The van der Waals surface area contributed by atoms with Gasteiger partial charge in [-0.25, -0.2) is 8.42 Å². The van der Waals surface area contributed by atoms with Crippen LogP contribution in [0.1, 0.15) is 18.7 Å². The van der Waals surface area contributed by atoms with Crippen LogP contribution < -0.4 is 0 Å². The summed E-state index contributed by atoms with van der Waals surface area (Å²) in [4.78, 5) is 0.654. The van der Waals surface area contributed by atoms with Crippen LogP contribution in [0.4, 0.5) is 0 Å². The highest BCUT2D eigenvalue weighted by Crippen LogP contribution is 2.28. The second-order valence-corrected chi connectivity index (χ2v) is 8.16. The highest BCUT2D eigenvalue weighted by atomic mass is 32.2. The van der Waals surface area contributed by atoms with E-state index in [1.165, 1.54) is 4.31 Å². The van der Waals surface area contributed by atoms with E-state index in [9.17, 15) is 8.42 Å². The van der Waals surface area contributed by atoms with Crippen molar-refractivity contribution in [3.8, 4) is 0 Å². The fourth-order valence-electron chi connectivity index (χ4n) is 1.89. The Morgan fingerprint density at radius 3 is 2.78 bits per heavy atom. The largest absolute Gasteiger partial charge is 0.391 e. The monoisotopic (exact) mass is 291 g/mol. The van der Waals surface area contributed by atoms with Gasteiger partial charge in [-0.3, -0.25) is 0 Å². The van der Waals surface area contributed by atoms with Crippen molar-refractivity contribution >= 4 is 21.4 Å². The molecule has 0 aliphatic carbocycles. The first-order valence-electron chi connectivity index (χ1n) is 5.69. The third-order valence-electron chi connectivity index (χ3n) is 2.78. The van der Waals surface area contributed by atoms with Gasteiger partial charge in [0.05, 0.1) is 18.8 Å². The maximum atomic E-state index is 12.4. The Morgan fingerprint density at radius 1 is 1.50 bits per heavy atom. The van der Waals surface area contributed by atoms with E-state index in [0.717, 1.165) is 11.3 Å². The number of thiophene rings is 1. The number of aliphatic hydroxyl groups excluding tert-OH is 1. The van der Waals surface area contributed by atoms with Gasteiger partial charge in [-0.2, -0.15) is 4.31 Å². The molecule has 5 nitrogen and oxygen atoms in total. The van der Waals surface area contributed by atoms with Crippen LogP contribution in [-0.4, -0.2) is 43.1 Å². The standard InChI is InChI=1S/C11H17NO4S2/c1-11(2)8-12(5-6-16-11)18(14,15)10-4-3-9(7-13)17-10/h3-4,13H,5-8H2,1-2H3. The molecule has 0 bridgehead atoms. The summed E-state index contributed by atoms with van der Waals surface area (Å²) in [7, 11) is -3.46. The Kier molecular flexibility index (Phi) is 3.80. The third kappa shape index (κ3) is 2.75. The van der Waals surface area contributed by atoms with Crippen LogP contribution in [-0.2, 0) is 21.4 Å². The van der Waals surface area contributed by atoms with E-state index >= 15 is 0 Å². The molecule has 1 fully saturated rings. The van der Waals surface area contributed by atoms with Crippen LogP contribution in [0.15, 0.2) is 16.3 Å². The molecule has 0 aromatic carbocycles. The van der Waals surface area contributed by atoms with Crippen molar-refractivity contribution in [2.45, 2.75) is 30.3 Å². The quantitative estimate of drug-likeness (QED) is 0.903. The first kappa shape index (κ1) is 14.0. The lowest BCUT2D eigenvalue weighted by Gasteiger charge is -2.37. The molecule has 7 heteroatoms. The summed E-state index contributed by atoms with van der Waals surface area (Å²) < 4.78 is 32.0. The van der Waals surface area contributed by atoms with Gasteiger partial charge in [0.2, 0.25) is 0 Å². The van der Waals surface area contributed by atoms with Gasteiger partial charge in [-0.15, -0.1) is 11.3 Å². The highest BCUT2D eigenvalue weighted by molar-refractivity contribution is 7.91. The smallest absolute Gasteiger partial charge is 0.252 e. The van der Waals surface area contributed by atoms with E-state index in [1.807, 2.05) is 13.8 Å². The van der Waals surface area contributed by atoms with Crippen molar-refractivity contribution in [2.24, 2.45) is 0 Å². The fraction of sp³-hybridized carbons (Fsp3) is 0.636. The number of ether oxygens (including phenoxy) is 1. The summed E-state index contributed by atoms with van der Waals surface area (Å²) in [5.74, 6) is 0. The first-order valence-corrected chi connectivity index (χ1v) is 7.94. The van der Waals surface area contributed by atoms with Gasteiger partial charge in [-0.05, 0) is 26.0 Å². The minimum absolute atomic E-state index is 0.130. The minimum Gasteiger partial charge on any atom is -0.391 e. The average molecular weight is 291 g/mol. The molecule has 1 aliphatic rings. The van der Waals surface area contributed by atoms with Crippen molar-refractivity contribution < 1.29 is 18.3 Å². The van der Waals surface area contributed by atoms with Crippen LogP contribution in [0.5, 0.6) is 0 Å². The molecule has 1 N–H and O–H groups in total. The lowest BCUT2D eigenvalue weighted by atomic mass is 10.1. The maximum absolute atomic E-state index is 12.4. The molecule has 102 valence electrons. The number of sulfonamides is 1. The Morgan fingerprint density at radius 2 is 2.22 bits per heavy atom. The lowest BCUT2D eigenvalue weighted by molar-refractivity contribution is -0.0639. The summed E-state index contributed by atoms with van der Waals surface area (Å²) in [6.45, 7) is 4.75. The SMILES string of the molecule is CC1(C)CN(S(=O)(=O)c2ccc(CO)s2)CCO1. The number of morpholine rings is 1. The summed E-state index contributed by atoms with van der Waals surface area (Å²) in [5, 5.41) is 8.99. The molecular formula is C11H17NO4S2. The van der Waals surface area contributed by atoms with E-state index in [4.69, 9.17) is 9.84 Å². The minimum atomic E-state index is -3.46. The van der Waals surface area contributed by atoms with Crippen molar-refractivity contribution in [2.75, 3.05) is 19.7 Å². The molecule has 1 aromatic rings. The number of hydrogen-bond donors (Lipinski definition) is 1. The average Bonchev–Trinajstić information content (AvgIpc) is 2.76. The van der Waals surface area contributed by atoms with Gasteiger partial charge in [0.15, 0.2) is 0 Å². The van der Waals surface area contributed by atoms with Crippen LogP contribution in [0.25, 0.3) is 0 Å². The van der Waals surface area contributed by atoms with Crippen LogP contribution in [0.2, 0.25) is 0 Å². The van der Waals surface area contributed by atoms with Crippen LogP contribution in [0, 0.1) is 0 Å². The van der Waals surface area contributed by atoms with Gasteiger partial charge in [0.1, 0.15) is 4.21 Å². The molecular weight excluding hydrogens is 274 g/mol. The first-order chi connectivity index (χ1) is 8.35. The fourth-order valence-corrected chi connectivity index (χ4v) is 4.83. The zero-order valence-corrected chi connectivity index (χ0v) is 12.1. The van der Waals surface area contributed by atoms with E-state index in [2.05, 4.69) is 0 Å². The van der Waals surface area contributed by atoms with Gasteiger partial charge in [-0.1, -0.05) is 0 Å². The molecule has 0 spiro atoms. The summed E-state index contributed by atoms with van der Waals surface area (Å²) in [6.07, 6.45) is 0. The van der Waals surface area contributed by atoms with Crippen molar-refractivity contribution in [1.82, 2.24) is 4.31 Å². The number of aliphatic hydroxyl groups is 1. The summed E-state index contributed by atoms with van der Waals surface area (Å²) in [6, 6.07) is 3.19.